The molecule has 0 aliphatic carbocycles. The van der Waals surface area contributed by atoms with Gasteiger partial charge in [-0.05, 0) is 37.9 Å². The first-order valence-electron chi connectivity index (χ1n) is 6.62. The Morgan fingerprint density at radius 1 is 1.44 bits per heavy atom. The van der Waals surface area contributed by atoms with Gasteiger partial charge in [0, 0.05) is 18.7 Å². The summed E-state index contributed by atoms with van der Waals surface area (Å²) in [5, 5.41) is 0. The lowest BCUT2D eigenvalue weighted by Crippen LogP contribution is -2.31. The summed E-state index contributed by atoms with van der Waals surface area (Å²) in [6, 6.07) is 6.37. The Morgan fingerprint density at radius 3 is 2.83 bits per heavy atom. The minimum absolute atomic E-state index is 0.289. The molecule has 1 aliphatic heterocycles. The summed E-state index contributed by atoms with van der Waals surface area (Å²) in [6.45, 7) is 8.34. The summed E-state index contributed by atoms with van der Waals surface area (Å²) >= 11 is 0. The monoisotopic (exact) mass is 248 g/mol. The minimum atomic E-state index is 0.289. The highest BCUT2D eigenvalue weighted by molar-refractivity contribution is 5.36. The molecule has 1 unspecified atom stereocenters. The quantitative estimate of drug-likeness (QED) is 0.887. The summed E-state index contributed by atoms with van der Waals surface area (Å²) in [5.41, 5.74) is 8.70. The third-order valence-corrected chi connectivity index (χ3v) is 3.96. The minimum Gasteiger partial charge on any atom is -0.496 e. The number of nitrogens with two attached hydrogens (primary N) is 1. The van der Waals surface area contributed by atoms with Crippen LogP contribution < -0.4 is 10.5 Å². The Bertz CT molecular complexity index is 419. The molecule has 0 bridgehead atoms. The Hall–Kier alpha value is -1.06. The Labute approximate surface area is 110 Å². The second-order valence-electron chi connectivity index (χ2n) is 5.79. The van der Waals surface area contributed by atoms with E-state index in [1.165, 1.54) is 17.5 Å². The van der Waals surface area contributed by atoms with Crippen LogP contribution in [0.4, 0.5) is 0 Å². The largest absolute Gasteiger partial charge is 0.496 e. The van der Waals surface area contributed by atoms with E-state index < -0.39 is 0 Å². The van der Waals surface area contributed by atoms with Gasteiger partial charge in [-0.3, -0.25) is 4.90 Å². The van der Waals surface area contributed by atoms with Crippen LogP contribution in [-0.2, 0) is 6.54 Å². The molecule has 100 valence electrons. The third-order valence-electron chi connectivity index (χ3n) is 3.96. The van der Waals surface area contributed by atoms with Gasteiger partial charge in [0.05, 0.1) is 7.11 Å². The molecule has 3 heteroatoms. The lowest BCUT2D eigenvalue weighted by Gasteiger charge is -2.23. The zero-order valence-corrected chi connectivity index (χ0v) is 11.7. The third kappa shape index (κ3) is 2.85. The highest BCUT2D eigenvalue weighted by Crippen LogP contribution is 2.31. The first kappa shape index (κ1) is 13.4. The smallest absolute Gasteiger partial charge is 0.123 e. The van der Waals surface area contributed by atoms with E-state index in [0.717, 1.165) is 31.9 Å². The van der Waals surface area contributed by atoms with Gasteiger partial charge >= 0.3 is 0 Å². The number of aryl methyl sites for hydroxylation is 1. The normalized spacial score (nSPS) is 24.4. The van der Waals surface area contributed by atoms with Crippen molar-refractivity contribution in [2.24, 2.45) is 11.1 Å². The molecule has 1 heterocycles. The van der Waals surface area contributed by atoms with E-state index in [1.54, 1.807) is 7.11 Å². The van der Waals surface area contributed by atoms with Gasteiger partial charge in [0.25, 0.3) is 0 Å². The molecule has 18 heavy (non-hydrogen) atoms. The van der Waals surface area contributed by atoms with Crippen LogP contribution in [0.3, 0.4) is 0 Å². The van der Waals surface area contributed by atoms with E-state index in [1.807, 2.05) is 0 Å². The van der Waals surface area contributed by atoms with Crippen molar-refractivity contribution in [3.63, 3.8) is 0 Å². The van der Waals surface area contributed by atoms with E-state index in [2.05, 4.69) is 36.9 Å². The molecule has 1 saturated heterocycles. The van der Waals surface area contributed by atoms with Crippen LogP contribution in [-0.4, -0.2) is 31.6 Å². The second-order valence-corrected chi connectivity index (χ2v) is 5.79. The van der Waals surface area contributed by atoms with Crippen LogP contribution in [0.15, 0.2) is 18.2 Å². The topological polar surface area (TPSA) is 38.5 Å². The van der Waals surface area contributed by atoms with E-state index in [9.17, 15) is 0 Å². The van der Waals surface area contributed by atoms with Gasteiger partial charge in [-0.25, -0.2) is 0 Å². The van der Waals surface area contributed by atoms with E-state index in [0.29, 0.717) is 0 Å². The molecule has 0 spiro atoms. The molecule has 1 aliphatic rings. The van der Waals surface area contributed by atoms with Crippen molar-refractivity contribution in [2.75, 3.05) is 26.7 Å². The average molecular weight is 248 g/mol. The van der Waals surface area contributed by atoms with Gasteiger partial charge in [-0.1, -0.05) is 24.6 Å². The Balaban J connectivity index is 2.08. The standard InChI is InChI=1S/C15H24N2O/c1-12-4-5-14(18-3)13(8-12)9-17-7-6-15(2,10-16)11-17/h4-5,8H,6-7,9-11,16H2,1-3H3. The number of ether oxygens (including phenoxy) is 1. The maximum Gasteiger partial charge on any atom is 0.123 e. The van der Waals surface area contributed by atoms with Gasteiger partial charge in [0.1, 0.15) is 5.75 Å². The molecule has 3 nitrogen and oxygen atoms in total. The summed E-state index contributed by atoms with van der Waals surface area (Å²) in [7, 11) is 1.74. The van der Waals surface area contributed by atoms with Crippen LogP contribution in [0, 0.1) is 12.3 Å². The highest BCUT2D eigenvalue weighted by atomic mass is 16.5. The number of nitrogens with zero attached hydrogens (tertiary/aromatic N) is 1. The van der Waals surface area contributed by atoms with Crippen molar-refractivity contribution in [3.8, 4) is 5.75 Å². The molecule has 1 aromatic rings. The van der Waals surface area contributed by atoms with Crippen LogP contribution >= 0.6 is 0 Å². The van der Waals surface area contributed by atoms with Crippen molar-refractivity contribution in [3.05, 3.63) is 29.3 Å². The van der Waals surface area contributed by atoms with Gasteiger partial charge in [-0.15, -0.1) is 0 Å². The van der Waals surface area contributed by atoms with Crippen LogP contribution in [0.5, 0.6) is 5.75 Å². The molecule has 0 radical (unpaired) electrons. The fraction of sp³-hybridized carbons (Fsp3) is 0.600. The highest BCUT2D eigenvalue weighted by Gasteiger charge is 2.32. The summed E-state index contributed by atoms with van der Waals surface area (Å²) in [6.07, 6.45) is 1.19. The lowest BCUT2D eigenvalue weighted by atomic mass is 9.90. The van der Waals surface area contributed by atoms with Crippen LogP contribution in [0.1, 0.15) is 24.5 Å². The SMILES string of the molecule is COc1ccc(C)cc1CN1CCC(C)(CN)C1. The van der Waals surface area contributed by atoms with Crippen molar-refractivity contribution in [1.29, 1.82) is 0 Å². The first-order valence-corrected chi connectivity index (χ1v) is 6.62. The molecule has 1 atom stereocenters. The molecule has 0 amide bonds. The fourth-order valence-corrected chi connectivity index (χ4v) is 2.70. The average Bonchev–Trinajstić information content (AvgIpc) is 2.72. The second kappa shape index (κ2) is 5.29. The number of hydrogen-bond acceptors (Lipinski definition) is 3. The zero-order chi connectivity index (χ0) is 13.2. The molecule has 0 saturated carbocycles. The Kier molecular flexibility index (Phi) is 3.93. The molecular weight excluding hydrogens is 224 g/mol. The summed E-state index contributed by atoms with van der Waals surface area (Å²) in [4.78, 5) is 2.48. The van der Waals surface area contributed by atoms with Crippen molar-refractivity contribution in [1.82, 2.24) is 4.90 Å². The maximum atomic E-state index is 5.85. The lowest BCUT2D eigenvalue weighted by molar-refractivity contribution is 0.270. The van der Waals surface area contributed by atoms with E-state index >= 15 is 0 Å². The fourth-order valence-electron chi connectivity index (χ4n) is 2.70. The van der Waals surface area contributed by atoms with E-state index in [4.69, 9.17) is 10.5 Å². The van der Waals surface area contributed by atoms with Crippen LogP contribution in [0.25, 0.3) is 0 Å². The predicted octanol–water partition coefficient (Wildman–Crippen LogP) is 2.17. The summed E-state index contributed by atoms with van der Waals surface area (Å²) in [5.74, 6) is 0.988. The molecular formula is C15H24N2O. The van der Waals surface area contributed by atoms with Crippen LogP contribution in [0.2, 0.25) is 0 Å². The molecule has 1 fully saturated rings. The van der Waals surface area contributed by atoms with Gasteiger partial charge in [-0.2, -0.15) is 0 Å². The predicted molar refractivity (Wildman–Crippen MR) is 74.8 cm³/mol. The molecule has 0 aromatic heterocycles. The summed E-state index contributed by atoms with van der Waals surface area (Å²) < 4.78 is 5.44. The van der Waals surface area contributed by atoms with E-state index in [-0.39, 0.29) is 5.41 Å². The number of methoxy groups -OCH3 is 1. The molecule has 2 N–H and O–H groups in total. The first-order chi connectivity index (χ1) is 8.56. The van der Waals surface area contributed by atoms with Gasteiger partial charge in [0.2, 0.25) is 0 Å². The number of benzene rings is 1. The van der Waals surface area contributed by atoms with Crippen molar-refractivity contribution < 1.29 is 4.74 Å². The number of rotatable bonds is 4. The molecule has 1 aromatic carbocycles. The zero-order valence-electron chi connectivity index (χ0n) is 11.7. The van der Waals surface area contributed by atoms with Gasteiger partial charge < -0.3 is 10.5 Å². The number of likely N-dealkylation sites (tertiary alicyclic amines) is 1. The van der Waals surface area contributed by atoms with Gasteiger partial charge in [0.15, 0.2) is 0 Å². The van der Waals surface area contributed by atoms with Crippen molar-refractivity contribution >= 4 is 0 Å². The molecule has 2 rings (SSSR count). The number of hydrogen-bond donors (Lipinski definition) is 1. The van der Waals surface area contributed by atoms with Crippen molar-refractivity contribution in [2.45, 2.75) is 26.8 Å². The maximum absolute atomic E-state index is 5.85. The Morgan fingerprint density at radius 2 is 2.22 bits per heavy atom.